The minimum absolute atomic E-state index is 0.0114. The molecule has 1 aromatic carbocycles. The number of fused-ring (bicyclic) bond motifs is 7. The van der Waals surface area contributed by atoms with E-state index in [2.05, 4.69) is 15.6 Å². The standard InChI is InChI=1S/C62H90N13O14P/c1-29-20-39-40(21-30(29)2)75(28-70-39)57-52(84)53(41(27-76)87-57)89-90(85,86)88-31(3)26-69-49(83)18-19-59(8)37(22-46(66)80)56-62(11)61(10,25-48(68)82)36(14-17-45(65)79)51(74-62)33(5)55-60(9,24-47(67)81)34(12-15-43(63)77)38(71-55)23-42-58(6,7)35(13-16-44(64)78)50(72-42)32(4)54(59)73-56/h20-21,23,28,31,34-37,41,52-53,56-57,71,76,84H,12-19,22,24-27H2,1-11H3,(H2,63,77)(H2,64,78)(H2,65,79)(H2,66,80)(H2,67,81)(H2,68,82)(H,69,83)(H,85,86)/b38-23?,50-32-,55-33-/t31-,34-,35-,36-,37+,41-,52?,53?,56-,57?,59-,60+,61+,62+/m1/s1. The van der Waals surface area contributed by atoms with E-state index in [1.165, 1.54) is 13.3 Å². The number of nitrogens with zero attached hydrogens (tertiary/aromatic N) is 5. The first-order valence-corrected chi connectivity index (χ1v) is 32.1. The lowest BCUT2D eigenvalue weighted by molar-refractivity contribution is -0.124. The third kappa shape index (κ3) is 13.0. The molecule has 2 aromatic rings. The van der Waals surface area contributed by atoms with Gasteiger partial charge in [-0.25, -0.2) is 9.55 Å². The molecule has 0 aliphatic carbocycles. The van der Waals surface area contributed by atoms with Crippen molar-refractivity contribution >= 4 is 77.3 Å². The van der Waals surface area contributed by atoms with Gasteiger partial charge >= 0.3 is 7.82 Å². The van der Waals surface area contributed by atoms with Crippen LogP contribution in [0, 0.1) is 59.2 Å². The van der Waals surface area contributed by atoms with Crippen LogP contribution in [-0.4, -0.2) is 132 Å². The summed E-state index contributed by atoms with van der Waals surface area (Å²) in [6.45, 7) is 19.3. The lowest BCUT2D eigenvalue weighted by Crippen LogP contribution is -2.56. The van der Waals surface area contributed by atoms with E-state index in [0.29, 0.717) is 56.4 Å². The number of allylic oxidation sites excluding steroid dienone is 6. The lowest BCUT2D eigenvalue weighted by atomic mass is 9.55. The molecule has 1 aromatic heterocycles. The monoisotopic (exact) mass is 1270 g/mol. The molecule has 28 heteroatoms. The maximum Gasteiger partial charge on any atom is 0.472 e. The molecule has 2 saturated heterocycles. The number of hydrogen-bond acceptors (Lipinski definition) is 18. The molecule has 8 rings (SSSR count). The predicted molar refractivity (Wildman–Crippen MR) is 334 cm³/mol. The molecule has 2 fully saturated rings. The number of aliphatic hydroxyl groups excluding tert-OH is 2. The molecule has 90 heavy (non-hydrogen) atoms. The Labute approximate surface area is 523 Å². The normalized spacial score (nSPS) is 33.6. The highest BCUT2D eigenvalue weighted by molar-refractivity contribution is 7.47. The van der Waals surface area contributed by atoms with Crippen LogP contribution in [0.3, 0.4) is 0 Å². The number of imidazole rings is 1. The summed E-state index contributed by atoms with van der Waals surface area (Å²) in [5.74, 6) is -7.18. The fourth-order valence-corrected chi connectivity index (χ4v) is 16.6. The average molecular weight is 1270 g/mol. The van der Waals surface area contributed by atoms with E-state index in [4.69, 9.17) is 63.2 Å². The van der Waals surface area contributed by atoms with Crippen molar-refractivity contribution < 1.29 is 67.0 Å². The number of aromatic nitrogens is 2. The van der Waals surface area contributed by atoms with E-state index in [9.17, 15) is 53.2 Å². The van der Waals surface area contributed by atoms with Crippen molar-refractivity contribution in [3.05, 3.63) is 63.9 Å². The van der Waals surface area contributed by atoms with Crippen molar-refractivity contribution in [2.45, 2.75) is 189 Å². The molecule has 7 amide bonds. The maximum atomic E-state index is 14.4. The molecule has 8 bridgehead atoms. The van der Waals surface area contributed by atoms with Crippen LogP contribution < -0.4 is 45.0 Å². The van der Waals surface area contributed by atoms with Gasteiger partial charge in [-0.2, -0.15) is 0 Å². The van der Waals surface area contributed by atoms with Gasteiger partial charge in [0.1, 0.15) is 18.3 Å². The van der Waals surface area contributed by atoms with Crippen molar-refractivity contribution in [2.24, 2.45) is 94.7 Å². The zero-order valence-electron chi connectivity index (χ0n) is 53.3. The molecule has 15 atom stereocenters. The Morgan fingerprint density at radius 2 is 1.40 bits per heavy atom. The number of aliphatic hydroxyl groups is 2. The Bertz CT molecular complexity index is 3540. The number of aryl methyl sites for hydroxylation is 2. The van der Waals surface area contributed by atoms with Gasteiger partial charge in [0.05, 0.1) is 41.7 Å². The largest absolute Gasteiger partial charge is 0.472 e. The van der Waals surface area contributed by atoms with Crippen LogP contribution in [0.5, 0.6) is 0 Å². The van der Waals surface area contributed by atoms with Gasteiger partial charge in [-0.05, 0) is 108 Å². The summed E-state index contributed by atoms with van der Waals surface area (Å²) >= 11 is 0. The number of nitrogens with two attached hydrogens (primary N) is 6. The van der Waals surface area contributed by atoms with Crippen molar-refractivity contribution in [2.75, 3.05) is 13.2 Å². The molecule has 17 N–H and O–H groups in total. The minimum atomic E-state index is -5.07. The summed E-state index contributed by atoms with van der Waals surface area (Å²) in [6, 6.07) is 2.70. The van der Waals surface area contributed by atoms with Crippen LogP contribution in [0.1, 0.15) is 150 Å². The van der Waals surface area contributed by atoms with Gasteiger partial charge < -0.3 is 69.4 Å². The van der Waals surface area contributed by atoms with E-state index in [-0.39, 0.29) is 77.2 Å². The number of nitrogens with one attached hydrogen (secondary N) is 2. The third-order valence-electron chi connectivity index (χ3n) is 20.6. The first-order valence-electron chi connectivity index (χ1n) is 30.6. The first kappa shape index (κ1) is 68.9. The fraction of sp³-hybridized carbons (Fsp3) is 0.629. The van der Waals surface area contributed by atoms with Gasteiger partial charge in [0, 0.05) is 131 Å². The summed E-state index contributed by atoms with van der Waals surface area (Å²) in [4.78, 5) is 126. The van der Waals surface area contributed by atoms with Gasteiger partial charge in [0.2, 0.25) is 41.4 Å². The average Bonchev–Trinajstić information content (AvgIpc) is 1.53. The topological polar surface area (TPSA) is 460 Å². The highest BCUT2D eigenvalue weighted by atomic mass is 31.2. The van der Waals surface area contributed by atoms with E-state index in [0.717, 1.165) is 11.1 Å². The Kier molecular flexibility index (Phi) is 19.6. The molecule has 6 aliphatic heterocycles. The van der Waals surface area contributed by atoms with Crippen LogP contribution in [0.15, 0.2) is 67.8 Å². The smallest absolute Gasteiger partial charge is 0.394 e. The van der Waals surface area contributed by atoms with Gasteiger partial charge in [-0.1, -0.05) is 34.6 Å². The van der Waals surface area contributed by atoms with Crippen molar-refractivity contribution in [1.82, 2.24) is 20.2 Å². The Morgan fingerprint density at radius 1 is 0.800 bits per heavy atom. The molecular formula is C62H90N13O14P. The molecule has 27 nitrogen and oxygen atoms in total. The molecule has 7 heterocycles. The highest BCUT2D eigenvalue weighted by Gasteiger charge is 2.66. The summed E-state index contributed by atoms with van der Waals surface area (Å²) < 4.78 is 32.3. The second-order valence-corrected chi connectivity index (χ2v) is 28.4. The summed E-state index contributed by atoms with van der Waals surface area (Å²) in [6.07, 6.45) is -4.26. The lowest BCUT2D eigenvalue weighted by Gasteiger charge is -2.48. The van der Waals surface area contributed by atoms with E-state index >= 15 is 0 Å². The number of rotatable bonds is 26. The molecule has 4 unspecified atom stereocenters. The van der Waals surface area contributed by atoms with Crippen molar-refractivity contribution in [3.63, 3.8) is 0 Å². The Morgan fingerprint density at radius 3 is 1.99 bits per heavy atom. The van der Waals surface area contributed by atoms with Crippen LogP contribution in [0.4, 0.5) is 0 Å². The summed E-state index contributed by atoms with van der Waals surface area (Å²) in [5.41, 5.74) is 37.4. The number of primary amides is 6. The predicted octanol–water partition coefficient (Wildman–Crippen LogP) is 3.16. The van der Waals surface area contributed by atoms with Gasteiger partial charge in [-0.15, -0.1) is 0 Å². The van der Waals surface area contributed by atoms with Gasteiger partial charge in [-0.3, -0.25) is 57.6 Å². The quantitative estimate of drug-likeness (QED) is 0.0603. The Hall–Kier alpha value is -7.00. The SMILES string of the molecule is C/C1=C2/N=C(C=C3N/C(=C(/C)C4=N[C@@](C)([C@@H]5N=C1[C@](C)(CCC(=O)NC[C@@H](C)OP(=O)(O)OC1C(O)C(n6cnc7cc(C)c(C)cc76)O[C@@H]1CO)[C@H]5CC(N)=O)[C@@](C)(CC(N)=O)[C@@H]4CCC(N)=O)[C@@](C)(CC(N)=O)[C@@H]3CCC(N)=O)C(C)(C)[C@@H]2CCC(N)=O. The maximum absolute atomic E-state index is 14.4. The third-order valence-corrected chi connectivity index (χ3v) is 21.7. The number of hydrogen-bond donors (Lipinski definition) is 11. The van der Waals surface area contributed by atoms with E-state index in [1.807, 2.05) is 87.4 Å². The fourth-order valence-electron chi connectivity index (χ4n) is 15.4. The van der Waals surface area contributed by atoms with Gasteiger partial charge in [0.25, 0.3) is 0 Å². The minimum Gasteiger partial charge on any atom is -0.394 e. The second-order valence-electron chi connectivity index (χ2n) is 27.1. The summed E-state index contributed by atoms with van der Waals surface area (Å²) in [5, 5.41) is 28.2. The number of benzene rings is 1. The van der Waals surface area contributed by atoms with Crippen LogP contribution >= 0.6 is 7.82 Å². The van der Waals surface area contributed by atoms with Crippen LogP contribution in [-0.2, 0) is 51.9 Å². The Balaban J connectivity index is 1.19. The zero-order valence-corrected chi connectivity index (χ0v) is 54.1. The molecule has 0 saturated carbocycles. The van der Waals surface area contributed by atoms with Gasteiger partial charge in [0.15, 0.2) is 6.23 Å². The van der Waals surface area contributed by atoms with Crippen LogP contribution in [0.2, 0.25) is 0 Å². The number of phosphoric ester groups is 1. The number of ether oxygens (including phenoxy) is 1. The number of carbonyl (C=O) groups excluding carboxylic acids is 7. The van der Waals surface area contributed by atoms with Crippen molar-refractivity contribution in [1.29, 1.82) is 0 Å². The van der Waals surface area contributed by atoms with Crippen LogP contribution in [0.25, 0.3) is 11.0 Å². The molecular weight excluding hydrogens is 1180 g/mol. The van der Waals surface area contributed by atoms with E-state index < -0.39 is 143 Å². The molecule has 6 aliphatic rings. The number of carbonyl (C=O) groups is 7. The molecule has 492 valence electrons. The number of phosphoric acid groups is 1. The highest BCUT2D eigenvalue weighted by Crippen LogP contribution is 2.63. The zero-order chi connectivity index (χ0) is 66.7. The number of aliphatic imine (C=N–C) groups is 3. The van der Waals surface area contributed by atoms with Crippen molar-refractivity contribution in [3.8, 4) is 0 Å². The summed E-state index contributed by atoms with van der Waals surface area (Å²) in [7, 11) is -5.07. The number of amides is 7. The second kappa shape index (κ2) is 25.6. The molecule has 0 radical (unpaired) electrons. The first-order chi connectivity index (χ1) is 41.8. The molecule has 0 spiro atoms. The van der Waals surface area contributed by atoms with E-state index in [1.54, 1.807) is 4.57 Å².